The molecule has 1 heterocycles. The molecular weight excluding hydrogens is 619 g/mol. The van der Waals surface area contributed by atoms with Gasteiger partial charge in [0.1, 0.15) is 11.2 Å². The maximum Gasteiger partial charge on any atom is 0.143 e. The molecule has 0 saturated carbocycles. The van der Waals surface area contributed by atoms with E-state index >= 15 is 0 Å². The second kappa shape index (κ2) is 10.3. The van der Waals surface area contributed by atoms with E-state index in [4.69, 9.17) is 4.42 Å². The molecule has 0 amide bonds. The van der Waals surface area contributed by atoms with Crippen molar-refractivity contribution in [3.8, 4) is 44.5 Å². The zero-order valence-corrected chi connectivity index (χ0v) is 28.4. The van der Waals surface area contributed by atoms with Gasteiger partial charge in [-0.3, -0.25) is 0 Å². The summed E-state index contributed by atoms with van der Waals surface area (Å²) in [4.78, 5) is 2.48. The van der Waals surface area contributed by atoms with E-state index < -0.39 is 0 Å². The summed E-state index contributed by atoms with van der Waals surface area (Å²) in [6, 6.07) is 59.9. The lowest BCUT2D eigenvalue weighted by atomic mass is 9.82. The van der Waals surface area contributed by atoms with Gasteiger partial charge in [-0.2, -0.15) is 0 Å². The monoisotopic (exact) mass is 651 g/mol. The van der Waals surface area contributed by atoms with Crippen molar-refractivity contribution in [2.24, 2.45) is 0 Å². The van der Waals surface area contributed by atoms with Crippen LogP contribution in [0.5, 0.6) is 0 Å². The van der Waals surface area contributed by atoms with Crippen LogP contribution >= 0.6 is 0 Å². The number of para-hydroxylation sites is 2. The van der Waals surface area contributed by atoms with Crippen molar-refractivity contribution in [1.82, 2.24) is 0 Å². The number of anilines is 3. The zero-order chi connectivity index (χ0) is 33.8. The quantitative estimate of drug-likeness (QED) is 0.188. The third kappa shape index (κ3) is 3.93. The average molecular weight is 652 g/mol. The fourth-order valence-corrected chi connectivity index (χ4v) is 9.04. The molecule has 240 valence electrons. The van der Waals surface area contributed by atoms with Crippen LogP contribution in [0.4, 0.5) is 17.1 Å². The summed E-state index contributed by atoms with van der Waals surface area (Å²) in [7, 11) is 0. The summed E-state index contributed by atoms with van der Waals surface area (Å²) < 4.78 is 6.45. The van der Waals surface area contributed by atoms with Crippen molar-refractivity contribution in [2.75, 3.05) is 4.90 Å². The minimum atomic E-state index is -0.103. The van der Waals surface area contributed by atoms with E-state index in [1.807, 2.05) is 12.1 Å². The van der Waals surface area contributed by atoms with Crippen molar-refractivity contribution in [2.45, 2.75) is 19.3 Å². The number of benzene rings is 8. The van der Waals surface area contributed by atoms with Crippen LogP contribution in [-0.4, -0.2) is 0 Å². The van der Waals surface area contributed by atoms with Crippen molar-refractivity contribution in [1.29, 1.82) is 0 Å². The van der Waals surface area contributed by atoms with Crippen LogP contribution in [-0.2, 0) is 5.41 Å². The SMILES string of the molecule is CC1(C)c2ccccc2-c2c(N(c3ccc(-c4cccc5c4oc4ccccc45)cc3)c3cc4c5c(cccc5c3)-c3ccccc3-4)cccc21. The summed E-state index contributed by atoms with van der Waals surface area (Å²) in [6.45, 7) is 4.71. The summed E-state index contributed by atoms with van der Waals surface area (Å²) in [5.41, 5.74) is 18.0. The molecule has 2 aliphatic carbocycles. The van der Waals surface area contributed by atoms with E-state index in [9.17, 15) is 0 Å². The molecule has 51 heavy (non-hydrogen) atoms. The summed E-state index contributed by atoms with van der Waals surface area (Å²) >= 11 is 0. The minimum Gasteiger partial charge on any atom is -0.455 e. The molecule has 11 rings (SSSR count). The van der Waals surface area contributed by atoms with Gasteiger partial charge >= 0.3 is 0 Å². The van der Waals surface area contributed by atoms with Crippen LogP contribution in [0.3, 0.4) is 0 Å². The lowest BCUT2D eigenvalue weighted by Gasteiger charge is -2.29. The number of nitrogens with zero attached hydrogens (tertiary/aromatic N) is 1. The van der Waals surface area contributed by atoms with E-state index in [-0.39, 0.29) is 5.41 Å². The Hall–Kier alpha value is -6.38. The molecule has 2 heteroatoms. The predicted molar refractivity (Wildman–Crippen MR) is 213 cm³/mol. The standard InChI is InChI=1S/C49H33NO/c1-49(2)42-20-7-5-16-40(42)47-43(49)21-11-22-44(47)50(33-28-31-12-9-18-38-35-13-3-4-14-36(35)41(29-33)46(31)38)32-26-24-30(25-27-32)34-17-10-19-39-37-15-6-8-23-45(37)51-48(34)39/h3-29H,1-2H3. The maximum atomic E-state index is 6.45. The Labute approximate surface area is 296 Å². The molecule has 9 aromatic rings. The molecule has 0 bridgehead atoms. The number of fused-ring (bicyclic) bond motifs is 9. The van der Waals surface area contributed by atoms with E-state index in [1.54, 1.807) is 0 Å². The Morgan fingerprint density at radius 3 is 1.98 bits per heavy atom. The number of hydrogen-bond acceptors (Lipinski definition) is 2. The molecule has 8 aromatic carbocycles. The minimum absolute atomic E-state index is 0.103. The first kappa shape index (κ1) is 28.5. The van der Waals surface area contributed by atoms with E-state index in [1.165, 1.54) is 61.0 Å². The van der Waals surface area contributed by atoms with Gasteiger partial charge in [-0.15, -0.1) is 0 Å². The Balaban J connectivity index is 1.15. The van der Waals surface area contributed by atoms with Crippen LogP contribution in [0.1, 0.15) is 25.0 Å². The molecule has 0 saturated heterocycles. The van der Waals surface area contributed by atoms with Gasteiger partial charge in [0.25, 0.3) is 0 Å². The topological polar surface area (TPSA) is 16.4 Å². The number of furan rings is 1. The largest absolute Gasteiger partial charge is 0.455 e. The van der Waals surface area contributed by atoms with Gasteiger partial charge in [0.15, 0.2) is 0 Å². The van der Waals surface area contributed by atoms with Gasteiger partial charge in [-0.1, -0.05) is 141 Å². The van der Waals surface area contributed by atoms with Crippen LogP contribution < -0.4 is 4.90 Å². The van der Waals surface area contributed by atoms with Crippen LogP contribution in [0.2, 0.25) is 0 Å². The first-order valence-electron chi connectivity index (χ1n) is 17.8. The molecule has 0 unspecified atom stereocenters. The highest BCUT2D eigenvalue weighted by atomic mass is 16.3. The Bertz CT molecular complexity index is 2890. The normalized spacial score (nSPS) is 13.5. The lowest BCUT2D eigenvalue weighted by Crippen LogP contribution is -2.16. The van der Waals surface area contributed by atoms with Crippen LogP contribution in [0, 0.1) is 0 Å². The fourth-order valence-electron chi connectivity index (χ4n) is 9.04. The van der Waals surface area contributed by atoms with E-state index in [0.717, 1.165) is 44.4 Å². The summed E-state index contributed by atoms with van der Waals surface area (Å²) in [6.07, 6.45) is 0. The Morgan fingerprint density at radius 1 is 0.471 bits per heavy atom. The average Bonchev–Trinajstić information content (AvgIpc) is 3.79. The molecule has 0 spiro atoms. The van der Waals surface area contributed by atoms with Crippen molar-refractivity contribution in [3.63, 3.8) is 0 Å². The van der Waals surface area contributed by atoms with Gasteiger partial charge < -0.3 is 9.32 Å². The van der Waals surface area contributed by atoms with Gasteiger partial charge in [0.05, 0.1) is 5.69 Å². The third-order valence-corrected chi connectivity index (χ3v) is 11.4. The van der Waals surface area contributed by atoms with Gasteiger partial charge in [0.2, 0.25) is 0 Å². The Kier molecular flexibility index (Phi) is 5.76. The summed E-state index contributed by atoms with van der Waals surface area (Å²) in [5.74, 6) is 0. The molecule has 0 N–H and O–H groups in total. The maximum absolute atomic E-state index is 6.45. The predicted octanol–water partition coefficient (Wildman–Crippen LogP) is 13.8. The van der Waals surface area contributed by atoms with Crippen molar-refractivity contribution >= 4 is 49.8 Å². The molecular formula is C49H33NO. The highest BCUT2D eigenvalue weighted by Crippen LogP contribution is 2.55. The Morgan fingerprint density at radius 2 is 1.12 bits per heavy atom. The highest BCUT2D eigenvalue weighted by molar-refractivity contribution is 6.17. The molecule has 0 fully saturated rings. The molecule has 1 aromatic heterocycles. The van der Waals surface area contributed by atoms with E-state index in [2.05, 4.69) is 170 Å². The van der Waals surface area contributed by atoms with Crippen molar-refractivity contribution < 1.29 is 4.42 Å². The van der Waals surface area contributed by atoms with Gasteiger partial charge in [0, 0.05) is 38.7 Å². The number of hydrogen-bond donors (Lipinski definition) is 0. The zero-order valence-electron chi connectivity index (χ0n) is 28.4. The highest BCUT2D eigenvalue weighted by Gasteiger charge is 2.38. The first-order chi connectivity index (χ1) is 25.1. The van der Waals surface area contributed by atoms with E-state index in [0.29, 0.717) is 0 Å². The second-order valence-corrected chi connectivity index (χ2v) is 14.5. The molecule has 0 atom stereocenters. The summed E-state index contributed by atoms with van der Waals surface area (Å²) in [5, 5.41) is 4.88. The van der Waals surface area contributed by atoms with Gasteiger partial charge in [-0.05, 0) is 91.7 Å². The molecule has 0 radical (unpaired) electrons. The number of rotatable bonds is 4. The molecule has 2 nitrogen and oxygen atoms in total. The van der Waals surface area contributed by atoms with Crippen LogP contribution in [0.25, 0.3) is 77.2 Å². The smallest absolute Gasteiger partial charge is 0.143 e. The molecule has 2 aliphatic rings. The molecule has 0 aliphatic heterocycles. The lowest BCUT2D eigenvalue weighted by molar-refractivity contribution is 0.660. The van der Waals surface area contributed by atoms with Gasteiger partial charge in [-0.25, -0.2) is 0 Å². The third-order valence-electron chi connectivity index (χ3n) is 11.4. The van der Waals surface area contributed by atoms with Crippen LogP contribution in [0.15, 0.2) is 168 Å². The van der Waals surface area contributed by atoms with Crippen molar-refractivity contribution in [3.05, 3.63) is 175 Å². The first-order valence-corrected chi connectivity index (χ1v) is 17.8. The second-order valence-electron chi connectivity index (χ2n) is 14.5. The fraction of sp³-hybridized carbons (Fsp3) is 0.0612.